The van der Waals surface area contributed by atoms with Gasteiger partial charge in [-0.05, 0) is 108 Å². The van der Waals surface area contributed by atoms with Crippen LogP contribution in [0.5, 0.6) is 0 Å². The van der Waals surface area contributed by atoms with Crippen molar-refractivity contribution < 1.29 is 0 Å². The Morgan fingerprint density at radius 2 is 1.93 bits per heavy atom. The van der Waals surface area contributed by atoms with Gasteiger partial charge in [-0.15, -0.1) is 11.3 Å². The highest BCUT2D eigenvalue weighted by Gasteiger charge is 2.14. The Kier molecular flexibility index (Phi) is 5.87. The van der Waals surface area contributed by atoms with E-state index < -0.39 is 0 Å². The lowest BCUT2D eigenvalue weighted by Gasteiger charge is -2.14. The van der Waals surface area contributed by atoms with Crippen molar-refractivity contribution in [3.63, 3.8) is 0 Å². The van der Waals surface area contributed by atoms with E-state index in [4.69, 9.17) is 4.98 Å². The van der Waals surface area contributed by atoms with E-state index >= 15 is 0 Å². The lowest BCUT2D eigenvalue weighted by atomic mass is 9.91. The van der Waals surface area contributed by atoms with Crippen molar-refractivity contribution in [1.29, 1.82) is 0 Å². The molecule has 4 rings (SSSR count). The van der Waals surface area contributed by atoms with E-state index in [9.17, 15) is 0 Å². The number of benzene rings is 1. The highest BCUT2D eigenvalue weighted by atomic mass is 32.1. The van der Waals surface area contributed by atoms with Crippen LogP contribution in [-0.4, -0.2) is 4.98 Å². The molecule has 0 bridgehead atoms. The zero-order valence-corrected chi connectivity index (χ0v) is 19.1. The third kappa shape index (κ3) is 4.11. The number of pyridine rings is 1. The molecule has 0 N–H and O–H groups in total. The molecule has 0 aliphatic heterocycles. The topological polar surface area (TPSA) is 12.9 Å². The zero-order valence-electron chi connectivity index (χ0n) is 18.3. The quantitative estimate of drug-likeness (QED) is 0.445. The van der Waals surface area contributed by atoms with Crippen molar-refractivity contribution in [2.45, 2.75) is 40.5 Å². The number of rotatable bonds is 4. The SMILES string of the molecule is C=C(/C(=C\C)c1cc(-c2csc(C)c2)c2c(c1)=CCC(C)CC=2)c1cccc(C)n1. The number of aryl methyl sites for hydroxylation is 2. The number of aromatic nitrogens is 1. The largest absolute Gasteiger partial charge is 0.253 e. The molecule has 0 radical (unpaired) electrons. The van der Waals surface area contributed by atoms with Crippen molar-refractivity contribution in [3.8, 4) is 11.1 Å². The van der Waals surface area contributed by atoms with Gasteiger partial charge in [-0.25, -0.2) is 0 Å². The molecule has 0 saturated heterocycles. The third-order valence-corrected chi connectivity index (χ3v) is 6.70. The fourth-order valence-electron chi connectivity index (χ4n) is 4.16. The summed E-state index contributed by atoms with van der Waals surface area (Å²) in [6.45, 7) is 13.0. The summed E-state index contributed by atoms with van der Waals surface area (Å²) in [5.41, 5.74) is 7.91. The molecule has 1 aliphatic carbocycles. The van der Waals surface area contributed by atoms with Crippen LogP contribution in [0.25, 0.3) is 34.4 Å². The average Bonchev–Trinajstić information content (AvgIpc) is 3.08. The van der Waals surface area contributed by atoms with Gasteiger partial charge in [-0.2, -0.15) is 0 Å². The van der Waals surface area contributed by atoms with E-state index in [0.717, 1.165) is 35.4 Å². The van der Waals surface area contributed by atoms with Gasteiger partial charge in [-0.3, -0.25) is 4.98 Å². The van der Waals surface area contributed by atoms with Gasteiger partial charge in [-0.1, -0.05) is 37.8 Å². The monoisotopic (exact) mass is 411 g/mol. The maximum atomic E-state index is 4.71. The number of nitrogens with zero attached hydrogens (tertiary/aromatic N) is 1. The van der Waals surface area contributed by atoms with E-state index in [-0.39, 0.29) is 0 Å². The second kappa shape index (κ2) is 8.57. The van der Waals surface area contributed by atoms with Crippen LogP contribution < -0.4 is 10.4 Å². The summed E-state index contributed by atoms with van der Waals surface area (Å²) < 4.78 is 0. The molecular formula is C28H29NS. The minimum Gasteiger partial charge on any atom is -0.253 e. The summed E-state index contributed by atoms with van der Waals surface area (Å²) in [6, 6.07) is 13.1. The minimum absolute atomic E-state index is 0.672. The van der Waals surface area contributed by atoms with Crippen LogP contribution in [0, 0.1) is 19.8 Å². The van der Waals surface area contributed by atoms with Crippen LogP contribution in [0.1, 0.15) is 48.5 Å². The van der Waals surface area contributed by atoms with E-state index in [1.165, 1.54) is 32.0 Å². The predicted octanol–water partition coefficient (Wildman–Crippen LogP) is 6.53. The van der Waals surface area contributed by atoms with Gasteiger partial charge in [0.15, 0.2) is 0 Å². The standard InChI is InChI=1S/C28H29NS/c1-6-25(21(5)28-9-7-8-19(3)29-28)23-15-22-12-10-18(2)11-13-26(22)27(16-23)24-14-20(4)30-17-24/h6-9,12-18H,5,10-11H2,1-4H3/b25-6+. The smallest absolute Gasteiger partial charge is 0.0705 e. The molecule has 1 aliphatic rings. The number of hydrogen-bond acceptors (Lipinski definition) is 2. The van der Waals surface area contributed by atoms with Gasteiger partial charge in [0.1, 0.15) is 0 Å². The highest BCUT2D eigenvalue weighted by Crippen LogP contribution is 2.31. The molecule has 152 valence electrons. The Labute approximate surface area is 183 Å². The molecule has 30 heavy (non-hydrogen) atoms. The predicted molar refractivity (Wildman–Crippen MR) is 133 cm³/mol. The van der Waals surface area contributed by atoms with E-state index in [2.05, 4.69) is 75.2 Å². The van der Waals surface area contributed by atoms with Gasteiger partial charge >= 0.3 is 0 Å². The molecule has 0 fully saturated rings. The highest BCUT2D eigenvalue weighted by molar-refractivity contribution is 7.10. The maximum Gasteiger partial charge on any atom is 0.0705 e. The van der Waals surface area contributed by atoms with Crippen molar-refractivity contribution in [2.24, 2.45) is 5.92 Å². The molecule has 1 unspecified atom stereocenters. The van der Waals surface area contributed by atoms with Gasteiger partial charge in [0.25, 0.3) is 0 Å². The summed E-state index contributed by atoms with van der Waals surface area (Å²) in [5.74, 6) is 0.672. The number of allylic oxidation sites excluding steroid dienone is 3. The van der Waals surface area contributed by atoms with E-state index in [1.54, 1.807) is 0 Å². The number of fused-ring (bicyclic) bond motifs is 1. The Hall–Kier alpha value is -2.71. The second-order valence-electron chi connectivity index (χ2n) is 8.30. The molecule has 0 amide bonds. The summed E-state index contributed by atoms with van der Waals surface area (Å²) in [7, 11) is 0. The van der Waals surface area contributed by atoms with Crippen LogP contribution in [0.3, 0.4) is 0 Å². The molecule has 2 heterocycles. The first-order chi connectivity index (χ1) is 14.5. The molecule has 1 atom stereocenters. The minimum atomic E-state index is 0.672. The van der Waals surface area contributed by atoms with Crippen molar-refractivity contribution >= 4 is 34.6 Å². The number of thiophene rings is 1. The van der Waals surface area contributed by atoms with Gasteiger partial charge < -0.3 is 0 Å². The lowest BCUT2D eigenvalue weighted by molar-refractivity contribution is 0.636. The van der Waals surface area contributed by atoms with Crippen molar-refractivity contribution in [1.82, 2.24) is 4.98 Å². The van der Waals surface area contributed by atoms with E-state index in [1.807, 2.05) is 30.4 Å². The fraction of sp³-hybridized carbons (Fsp3) is 0.250. The molecule has 1 nitrogen and oxygen atoms in total. The van der Waals surface area contributed by atoms with Crippen LogP contribution in [0.4, 0.5) is 0 Å². The molecule has 2 aromatic heterocycles. The van der Waals surface area contributed by atoms with Gasteiger partial charge in [0, 0.05) is 16.1 Å². The molecule has 0 saturated carbocycles. The molecular weight excluding hydrogens is 382 g/mol. The summed E-state index contributed by atoms with van der Waals surface area (Å²) in [5, 5.41) is 4.99. The molecule has 2 heteroatoms. The van der Waals surface area contributed by atoms with Crippen LogP contribution in [0.15, 0.2) is 54.4 Å². The Bertz CT molecular complexity index is 1260. The van der Waals surface area contributed by atoms with Gasteiger partial charge in [0.05, 0.1) is 5.69 Å². The van der Waals surface area contributed by atoms with Crippen LogP contribution in [0.2, 0.25) is 0 Å². The van der Waals surface area contributed by atoms with Crippen LogP contribution >= 0.6 is 11.3 Å². The van der Waals surface area contributed by atoms with Crippen molar-refractivity contribution in [2.75, 3.05) is 0 Å². The molecule has 3 aromatic rings. The summed E-state index contributed by atoms with van der Waals surface area (Å²) >= 11 is 1.81. The first-order valence-corrected chi connectivity index (χ1v) is 11.5. The fourth-order valence-corrected chi connectivity index (χ4v) is 4.86. The Balaban J connectivity index is 1.91. The Morgan fingerprint density at radius 1 is 1.13 bits per heavy atom. The van der Waals surface area contributed by atoms with Crippen LogP contribution in [-0.2, 0) is 0 Å². The zero-order chi connectivity index (χ0) is 21.3. The first-order valence-electron chi connectivity index (χ1n) is 10.7. The molecule has 0 spiro atoms. The van der Waals surface area contributed by atoms with E-state index in [0.29, 0.717) is 5.92 Å². The summed E-state index contributed by atoms with van der Waals surface area (Å²) in [4.78, 5) is 6.05. The first kappa shape index (κ1) is 20.6. The third-order valence-electron chi connectivity index (χ3n) is 5.84. The average molecular weight is 412 g/mol. The number of hydrogen-bond donors (Lipinski definition) is 0. The second-order valence-corrected chi connectivity index (χ2v) is 9.42. The van der Waals surface area contributed by atoms with Crippen molar-refractivity contribution in [3.05, 3.63) is 86.7 Å². The maximum absolute atomic E-state index is 4.71. The Morgan fingerprint density at radius 3 is 2.63 bits per heavy atom. The molecule has 1 aromatic carbocycles. The lowest BCUT2D eigenvalue weighted by Crippen LogP contribution is -2.27. The normalized spacial score (nSPS) is 16.3. The van der Waals surface area contributed by atoms with Gasteiger partial charge in [0.2, 0.25) is 0 Å². The summed E-state index contributed by atoms with van der Waals surface area (Å²) in [6.07, 6.45) is 9.24.